The van der Waals surface area contributed by atoms with Gasteiger partial charge in [0.1, 0.15) is 18.1 Å². The van der Waals surface area contributed by atoms with Gasteiger partial charge in [0.25, 0.3) is 0 Å². The summed E-state index contributed by atoms with van der Waals surface area (Å²) in [6, 6.07) is 11.2. The number of hydrogen-bond donors (Lipinski definition) is 1. The summed E-state index contributed by atoms with van der Waals surface area (Å²) >= 11 is 0. The molecule has 0 radical (unpaired) electrons. The van der Waals surface area contributed by atoms with E-state index in [9.17, 15) is 5.11 Å². The minimum absolute atomic E-state index is 0.253. The first-order chi connectivity index (χ1) is 8.70. The van der Waals surface area contributed by atoms with Crippen LogP contribution in [-0.2, 0) is 13.0 Å². The highest BCUT2D eigenvalue weighted by Crippen LogP contribution is 2.26. The molecule has 1 aromatic carbocycles. The number of phenolic OH excluding ortho intramolecular Hbond substituents is 1. The molecule has 3 heteroatoms. The molecule has 2 aromatic rings. The standard InChI is InChI=1S/C15H17NO2/c1-3-12-6-4-7-13(16-12)10-18-15-9-5-8-14(17)11(15)2/h4-9,17H,3,10H2,1-2H3. The molecule has 1 heterocycles. The highest BCUT2D eigenvalue weighted by molar-refractivity contribution is 5.42. The molecule has 0 aliphatic rings. The molecule has 2 rings (SSSR count). The summed E-state index contributed by atoms with van der Waals surface area (Å²) in [5, 5.41) is 9.58. The molecule has 0 spiro atoms. The van der Waals surface area contributed by atoms with Crippen LogP contribution in [0.15, 0.2) is 36.4 Å². The Morgan fingerprint density at radius 1 is 1.11 bits per heavy atom. The van der Waals surface area contributed by atoms with Crippen molar-refractivity contribution in [2.45, 2.75) is 26.9 Å². The molecule has 18 heavy (non-hydrogen) atoms. The maximum absolute atomic E-state index is 9.58. The summed E-state index contributed by atoms with van der Waals surface area (Å²) in [7, 11) is 0. The third kappa shape index (κ3) is 2.80. The fraction of sp³-hybridized carbons (Fsp3) is 0.267. The number of hydrogen-bond acceptors (Lipinski definition) is 3. The molecule has 0 atom stereocenters. The summed E-state index contributed by atoms with van der Waals surface area (Å²) in [6.07, 6.45) is 0.916. The Hall–Kier alpha value is -2.03. The summed E-state index contributed by atoms with van der Waals surface area (Å²) in [6.45, 7) is 4.32. The molecule has 1 aromatic heterocycles. The van der Waals surface area contributed by atoms with Crippen LogP contribution in [0.3, 0.4) is 0 Å². The van der Waals surface area contributed by atoms with Gasteiger partial charge in [-0.3, -0.25) is 4.98 Å². The quantitative estimate of drug-likeness (QED) is 0.896. The number of benzene rings is 1. The summed E-state index contributed by atoms with van der Waals surface area (Å²) in [5.41, 5.74) is 2.71. The topological polar surface area (TPSA) is 42.4 Å². The van der Waals surface area contributed by atoms with E-state index in [2.05, 4.69) is 11.9 Å². The van der Waals surface area contributed by atoms with Gasteiger partial charge in [0.2, 0.25) is 0 Å². The molecule has 0 amide bonds. The zero-order valence-electron chi connectivity index (χ0n) is 10.7. The number of aryl methyl sites for hydroxylation is 1. The number of aromatic nitrogens is 1. The van der Waals surface area contributed by atoms with Crippen LogP contribution in [0.25, 0.3) is 0 Å². The normalized spacial score (nSPS) is 10.3. The Labute approximate surface area is 107 Å². The van der Waals surface area contributed by atoms with Crippen molar-refractivity contribution in [3.8, 4) is 11.5 Å². The molecule has 0 unspecified atom stereocenters. The highest BCUT2D eigenvalue weighted by Gasteiger charge is 2.04. The van der Waals surface area contributed by atoms with Crippen molar-refractivity contribution in [3.63, 3.8) is 0 Å². The lowest BCUT2D eigenvalue weighted by atomic mass is 10.2. The van der Waals surface area contributed by atoms with Gasteiger partial charge in [-0.15, -0.1) is 0 Å². The molecule has 0 aliphatic heterocycles. The van der Waals surface area contributed by atoms with Gasteiger partial charge in [-0.05, 0) is 37.6 Å². The largest absolute Gasteiger partial charge is 0.508 e. The number of pyridine rings is 1. The SMILES string of the molecule is CCc1cccc(COc2cccc(O)c2C)n1. The van der Waals surface area contributed by atoms with Gasteiger partial charge in [-0.1, -0.05) is 19.1 Å². The fourth-order valence-electron chi connectivity index (χ4n) is 1.72. The number of rotatable bonds is 4. The van der Waals surface area contributed by atoms with Crippen molar-refractivity contribution in [2.75, 3.05) is 0 Å². The molecule has 0 saturated heterocycles. The van der Waals surface area contributed by atoms with Crippen molar-refractivity contribution < 1.29 is 9.84 Å². The number of ether oxygens (including phenoxy) is 1. The van der Waals surface area contributed by atoms with E-state index < -0.39 is 0 Å². The van der Waals surface area contributed by atoms with Crippen LogP contribution in [0, 0.1) is 6.92 Å². The molecule has 0 bridgehead atoms. The lowest BCUT2D eigenvalue weighted by Crippen LogP contribution is -2.01. The molecular formula is C15H17NO2. The van der Waals surface area contributed by atoms with Crippen molar-refractivity contribution in [3.05, 3.63) is 53.3 Å². The van der Waals surface area contributed by atoms with E-state index in [1.165, 1.54) is 0 Å². The smallest absolute Gasteiger partial charge is 0.130 e. The minimum atomic E-state index is 0.253. The Balaban J connectivity index is 2.09. The predicted molar refractivity (Wildman–Crippen MR) is 70.8 cm³/mol. The number of nitrogens with zero attached hydrogens (tertiary/aromatic N) is 1. The molecule has 0 fully saturated rings. The lowest BCUT2D eigenvalue weighted by molar-refractivity contribution is 0.297. The van der Waals surface area contributed by atoms with E-state index in [0.717, 1.165) is 23.4 Å². The monoisotopic (exact) mass is 243 g/mol. The number of phenols is 1. The van der Waals surface area contributed by atoms with Crippen molar-refractivity contribution >= 4 is 0 Å². The second kappa shape index (κ2) is 5.54. The first-order valence-electron chi connectivity index (χ1n) is 6.07. The van der Waals surface area contributed by atoms with E-state index in [4.69, 9.17) is 4.74 Å². The zero-order valence-corrected chi connectivity index (χ0v) is 10.7. The molecule has 0 saturated carbocycles. The molecule has 94 valence electrons. The van der Waals surface area contributed by atoms with Crippen LogP contribution in [0.5, 0.6) is 11.5 Å². The van der Waals surface area contributed by atoms with Gasteiger partial charge in [0.15, 0.2) is 0 Å². The highest BCUT2D eigenvalue weighted by atomic mass is 16.5. The maximum atomic E-state index is 9.58. The van der Waals surface area contributed by atoms with Gasteiger partial charge >= 0.3 is 0 Å². The average molecular weight is 243 g/mol. The maximum Gasteiger partial charge on any atom is 0.130 e. The second-order valence-corrected chi connectivity index (χ2v) is 4.16. The van der Waals surface area contributed by atoms with Crippen molar-refractivity contribution in [1.29, 1.82) is 0 Å². The van der Waals surface area contributed by atoms with Crippen LogP contribution in [0.1, 0.15) is 23.9 Å². The third-order valence-electron chi connectivity index (χ3n) is 2.86. The van der Waals surface area contributed by atoms with E-state index in [1.54, 1.807) is 12.1 Å². The zero-order chi connectivity index (χ0) is 13.0. The van der Waals surface area contributed by atoms with E-state index in [1.807, 2.05) is 31.2 Å². The molecular weight excluding hydrogens is 226 g/mol. The Kier molecular flexibility index (Phi) is 3.82. The average Bonchev–Trinajstić information content (AvgIpc) is 2.41. The fourth-order valence-corrected chi connectivity index (χ4v) is 1.72. The Morgan fingerprint density at radius 2 is 1.83 bits per heavy atom. The first-order valence-corrected chi connectivity index (χ1v) is 6.07. The van der Waals surface area contributed by atoms with E-state index >= 15 is 0 Å². The van der Waals surface area contributed by atoms with Gasteiger partial charge in [-0.25, -0.2) is 0 Å². The van der Waals surface area contributed by atoms with Crippen LogP contribution >= 0.6 is 0 Å². The number of aromatic hydroxyl groups is 1. The van der Waals surface area contributed by atoms with Crippen LogP contribution in [0.4, 0.5) is 0 Å². The third-order valence-corrected chi connectivity index (χ3v) is 2.86. The predicted octanol–water partition coefficient (Wildman–Crippen LogP) is 3.24. The second-order valence-electron chi connectivity index (χ2n) is 4.16. The van der Waals surface area contributed by atoms with E-state index in [-0.39, 0.29) is 5.75 Å². The molecule has 1 N–H and O–H groups in total. The first kappa shape index (κ1) is 12.4. The molecule has 0 aliphatic carbocycles. The van der Waals surface area contributed by atoms with Crippen LogP contribution in [0.2, 0.25) is 0 Å². The van der Waals surface area contributed by atoms with E-state index in [0.29, 0.717) is 12.4 Å². The Bertz CT molecular complexity index is 538. The van der Waals surface area contributed by atoms with Crippen molar-refractivity contribution in [1.82, 2.24) is 4.98 Å². The molecule has 3 nitrogen and oxygen atoms in total. The van der Waals surface area contributed by atoms with Gasteiger partial charge in [0.05, 0.1) is 5.69 Å². The summed E-state index contributed by atoms with van der Waals surface area (Å²) in [5.74, 6) is 0.946. The summed E-state index contributed by atoms with van der Waals surface area (Å²) in [4.78, 5) is 4.47. The van der Waals surface area contributed by atoms with Crippen LogP contribution < -0.4 is 4.74 Å². The minimum Gasteiger partial charge on any atom is -0.508 e. The lowest BCUT2D eigenvalue weighted by Gasteiger charge is -2.10. The van der Waals surface area contributed by atoms with Gasteiger partial charge in [-0.2, -0.15) is 0 Å². The van der Waals surface area contributed by atoms with Crippen LogP contribution in [-0.4, -0.2) is 10.1 Å². The summed E-state index contributed by atoms with van der Waals surface area (Å²) < 4.78 is 5.68. The van der Waals surface area contributed by atoms with Gasteiger partial charge in [0, 0.05) is 11.3 Å². The Morgan fingerprint density at radius 3 is 2.61 bits per heavy atom. The van der Waals surface area contributed by atoms with Gasteiger partial charge < -0.3 is 9.84 Å². The van der Waals surface area contributed by atoms with Crippen molar-refractivity contribution in [2.24, 2.45) is 0 Å².